The number of thiol groups is 1. The van der Waals surface area contributed by atoms with Crippen LogP contribution in [0.3, 0.4) is 0 Å². The topological polar surface area (TPSA) is 51.2 Å². The molecule has 0 unspecified atom stereocenters. The molecule has 0 saturated heterocycles. The monoisotopic (exact) mass is 260 g/mol. The van der Waals surface area contributed by atoms with Gasteiger partial charge in [-0.25, -0.2) is 4.98 Å². The number of hydrogen-bond acceptors (Lipinski definition) is 4. The molecule has 18 heavy (non-hydrogen) atoms. The Hall–Kier alpha value is -2.01. The molecule has 0 aliphatic carbocycles. The van der Waals surface area contributed by atoms with Crippen molar-refractivity contribution in [3.63, 3.8) is 0 Å². The van der Waals surface area contributed by atoms with Gasteiger partial charge in [-0.3, -0.25) is 4.79 Å². The average Bonchev–Trinajstić information content (AvgIpc) is 2.39. The van der Waals surface area contributed by atoms with E-state index >= 15 is 0 Å². The Morgan fingerprint density at radius 1 is 1.33 bits per heavy atom. The van der Waals surface area contributed by atoms with E-state index < -0.39 is 0 Å². The van der Waals surface area contributed by atoms with Crippen molar-refractivity contribution in [3.8, 4) is 5.88 Å². The van der Waals surface area contributed by atoms with Crippen LogP contribution < -0.4 is 10.1 Å². The molecule has 0 aliphatic rings. The number of carbonyl (C=O) groups excluding carboxylic acids is 1. The second kappa shape index (κ2) is 5.55. The molecule has 0 atom stereocenters. The second-order valence-electron chi connectivity index (χ2n) is 3.59. The lowest BCUT2D eigenvalue weighted by molar-refractivity contribution is 0.102. The molecular formula is C13H12N2O2S. The number of methoxy groups -OCH3 is 1. The summed E-state index contributed by atoms with van der Waals surface area (Å²) in [7, 11) is 1.54. The van der Waals surface area contributed by atoms with Crippen molar-refractivity contribution in [3.05, 3.63) is 48.2 Å². The summed E-state index contributed by atoms with van der Waals surface area (Å²) in [6.45, 7) is 0. The molecule has 0 fully saturated rings. The minimum absolute atomic E-state index is 0.196. The van der Waals surface area contributed by atoms with Crippen molar-refractivity contribution in [1.82, 2.24) is 4.98 Å². The average molecular weight is 260 g/mol. The van der Waals surface area contributed by atoms with Crippen LogP contribution in [-0.4, -0.2) is 18.0 Å². The van der Waals surface area contributed by atoms with Gasteiger partial charge in [-0.15, -0.1) is 12.6 Å². The summed E-state index contributed by atoms with van der Waals surface area (Å²) in [4.78, 5) is 16.7. The first-order chi connectivity index (χ1) is 8.69. The molecule has 0 radical (unpaired) electrons. The highest BCUT2D eigenvalue weighted by molar-refractivity contribution is 7.80. The van der Waals surface area contributed by atoms with E-state index in [1.165, 1.54) is 0 Å². The zero-order valence-electron chi connectivity index (χ0n) is 9.75. The van der Waals surface area contributed by atoms with Crippen molar-refractivity contribution in [2.75, 3.05) is 12.4 Å². The number of carbonyl (C=O) groups is 1. The van der Waals surface area contributed by atoms with Gasteiger partial charge in [-0.2, -0.15) is 0 Å². The number of pyridine rings is 1. The lowest BCUT2D eigenvalue weighted by Crippen LogP contribution is -2.11. The van der Waals surface area contributed by atoms with E-state index in [2.05, 4.69) is 22.9 Å². The van der Waals surface area contributed by atoms with Gasteiger partial charge in [-0.1, -0.05) is 6.07 Å². The first-order valence-corrected chi connectivity index (χ1v) is 5.74. The third-order valence-electron chi connectivity index (χ3n) is 2.31. The van der Waals surface area contributed by atoms with Crippen LogP contribution in [0, 0.1) is 0 Å². The number of nitrogens with zero attached hydrogens (tertiary/aromatic N) is 1. The van der Waals surface area contributed by atoms with Crippen molar-refractivity contribution in [2.45, 2.75) is 4.90 Å². The SMILES string of the molecule is COc1ccc(NC(=O)c2cccc(S)c2)cn1. The molecule has 0 spiro atoms. The Morgan fingerprint density at radius 3 is 2.78 bits per heavy atom. The Labute approximate surface area is 110 Å². The maximum atomic E-state index is 11.9. The fourth-order valence-corrected chi connectivity index (χ4v) is 1.65. The molecule has 2 rings (SSSR count). The predicted molar refractivity (Wildman–Crippen MR) is 72.4 cm³/mol. The van der Waals surface area contributed by atoms with Gasteiger partial charge in [0.1, 0.15) is 0 Å². The van der Waals surface area contributed by atoms with Crippen LogP contribution >= 0.6 is 12.6 Å². The number of aromatic nitrogens is 1. The smallest absolute Gasteiger partial charge is 0.255 e. The lowest BCUT2D eigenvalue weighted by Gasteiger charge is -2.06. The normalized spacial score (nSPS) is 9.89. The van der Waals surface area contributed by atoms with Crippen LogP contribution in [0.15, 0.2) is 47.5 Å². The van der Waals surface area contributed by atoms with Gasteiger partial charge in [0.15, 0.2) is 0 Å². The van der Waals surface area contributed by atoms with E-state index in [0.717, 1.165) is 4.90 Å². The Morgan fingerprint density at radius 2 is 2.17 bits per heavy atom. The van der Waals surface area contributed by atoms with Gasteiger partial charge >= 0.3 is 0 Å². The maximum Gasteiger partial charge on any atom is 0.255 e. The Kier molecular flexibility index (Phi) is 3.84. The fourth-order valence-electron chi connectivity index (χ4n) is 1.43. The summed E-state index contributed by atoms with van der Waals surface area (Å²) in [5.74, 6) is 0.309. The molecule has 92 valence electrons. The number of rotatable bonds is 3. The first kappa shape index (κ1) is 12.4. The lowest BCUT2D eigenvalue weighted by atomic mass is 10.2. The van der Waals surface area contributed by atoms with Crippen LogP contribution in [0.2, 0.25) is 0 Å². The number of ether oxygens (including phenoxy) is 1. The van der Waals surface area contributed by atoms with Crippen LogP contribution in [0.4, 0.5) is 5.69 Å². The second-order valence-corrected chi connectivity index (χ2v) is 4.11. The minimum Gasteiger partial charge on any atom is -0.481 e. The highest BCUT2D eigenvalue weighted by atomic mass is 32.1. The zero-order chi connectivity index (χ0) is 13.0. The van der Waals surface area contributed by atoms with Gasteiger partial charge < -0.3 is 10.1 Å². The molecule has 0 bridgehead atoms. The Balaban J connectivity index is 2.11. The van der Waals surface area contributed by atoms with Gasteiger partial charge in [0.05, 0.1) is 19.0 Å². The summed E-state index contributed by atoms with van der Waals surface area (Å²) in [6, 6.07) is 10.4. The summed E-state index contributed by atoms with van der Waals surface area (Å²) >= 11 is 4.19. The molecule has 1 aromatic heterocycles. The summed E-state index contributed by atoms with van der Waals surface area (Å²) < 4.78 is 4.94. The third kappa shape index (κ3) is 3.01. The molecule has 0 aliphatic heterocycles. The molecular weight excluding hydrogens is 248 g/mol. The van der Waals surface area contributed by atoms with E-state index in [1.54, 1.807) is 43.6 Å². The minimum atomic E-state index is -0.196. The van der Waals surface area contributed by atoms with E-state index in [-0.39, 0.29) is 5.91 Å². The van der Waals surface area contributed by atoms with Gasteiger partial charge in [0.25, 0.3) is 5.91 Å². The number of hydrogen-bond donors (Lipinski definition) is 2. The molecule has 1 N–H and O–H groups in total. The largest absolute Gasteiger partial charge is 0.481 e. The van der Waals surface area contributed by atoms with Gasteiger partial charge in [-0.05, 0) is 24.3 Å². The van der Waals surface area contributed by atoms with Crippen LogP contribution in [-0.2, 0) is 0 Å². The Bertz CT molecular complexity index is 555. The molecule has 4 nitrogen and oxygen atoms in total. The highest BCUT2D eigenvalue weighted by Crippen LogP contribution is 2.14. The molecule has 1 aromatic carbocycles. The van der Waals surface area contributed by atoms with E-state index in [9.17, 15) is 4.79 Å². The van der Waals surface area contributed by atoms with Gasteiger partial charge in [0.2, 0.25) is 5.88 Å². The number of amides is 1. The number of benzene rings is 1. The third-order valence-corrected chi connectivity index (χ3v) is 2.59. The number of anilines is 1. The highest BCUT2D eigenvalue weighted by Gasteiger charge is 2.06. The fraction of sp³-hybridized carbons (Fsp3) is 0.0769. The van der Waals surface area contributed by atoms with E-state index in [1.807, 2.05) is 6.07 Å². The quantitative estimate of drug-likeness (QED) is 0.834. The molecule has 2 aromatic rings. The van der Waals surface area contributed by atoms with Crippen molar-refractivity contribution < 1.29 is 9.53 Å². The van der Waals surface area contributed by atoms with Gasteiger partial charge in [0, 0.05) is 16.5 Å². The maximum absolute atomic E-state index is 11.9. The van der Waals surface area contributed by atoms with E-state index in [0.29, 0.717) is 17.1 Å². The van der Waals surface area contributed by atoms with E-state index in [4.69, 9.17) is 4.74 Å². The van der Waals surface area contributed by atoms with Crippen molar-refractivity contribution >= 4 is 24.2 Å². The standard InChI is InChI=1S/C13H12N2O2S/c1-17-12-6-5-10(8-14-12)15-13(16)9-3-2-4-11(18)7-9/h2-8,18H,1H3,(H,15,16). The predicted octanol–water partition coefficient (Wildman–Crippen LogP) is 2.63. The number of nitrogens with one attached hydrogen (secondary N) is 1. The zero-order valence-corrected chi connectivity index (χ0v) is 10.6. The molecule has 5 heteroatoms. The summed E-state index contributed by atoms with van der Waals surface area (Å²) in [5, 5.41) is 2.75. The van der Waals surface area contributed by atoms with Crippen LogP contribution in [0.25, 0.3) is 0 Å². The summed E-state index contributed by atoms with van der Waals surface area (Å²) in [6.07, 6.45) is 1.54. The van der Waals surface area contributed by atoms with Crippen LogP contribution in [0.5, 0.6) is 5.88 Å². The van der Waals surface area contributed by atoms with Crippen LogP contribution in [0.1, 0.15) is 10.4 Å². The first-order valence-electron chi connectivity index (χ1n) is 5.29. The summed E-state index contributed by atoms with van der Waals surface area (Å²) in [5.41, 5.74) is 1.17. The van der Waals surface area contributed by atoms with Crippen molar-refractivity contribution in [1.29, 1.82) is 0 Å². The molecule has 1 amide bonds. The van der Waals surface area contributed by atoms with Crippen molar-refractivity contribution in [2.24, 2.45) is 0 Å². The molecule has 0 saturated carbocycles. The molecule has 1 heterocycles.